The Kier molecular flexibility index (Phi) is 3.73. The fourth-order valence-electron chi connectivity index (χ4n) is 1.37. The molecule has 0 bridgehead atoms. The molecule has 92 valence electrons. The number of hydrogen-bond acceptors (Lipinski definition) is 5. The minimum atomic E-state index is -1.09. The highest BCUT2D eigenvalue weighted by Crippen LogP contribution is 2.31. The Morgan fingerprint density at radius 3 is 2.94 bits per heavy atom. The van der Waals surface area contributed by atoms with Gasteiger partial charge in [0.15, 0.2) is 0 Å². The van der Waals surface area contributed by atoms with E-state index in [1.54, 1.807) is 30.5 Å². The highest BCUT2D eigenvalue weighted by Gasteiger charge is 2.33. The first-order chi connectivity index (χ1) is 8.58. The minimum Gasteiger partial charge on any atom is -0.480 e. The normalized spacial score (nSPS) is 17.6. The van der Waals surface area contributed by atoms with Crippen LogP contribution in [0.2, 0.25) is 0 Å². The summed E-state index contributed by atoms with van der Waals surface area (Å²) in [5.41, 5.74) is 0.633. The van der Waals surface area contributed by atoms with Crippen LogP contribution in [0.15, 0.2) is 29.3 Å². The first-order valence-corrected chi connectivity index (χ1v) is 6.18. The van der Waals surface area contributed by atoms with Crippen LogP contribution in [0, 0.1) is 0 Å². The van der Waals surface area contributed by atoms with Gasteiger partial charge >= 0.3 is 5.97 Å². The highest BCUT2D eigenvalue weighted by atomic mass is 32.2. The maximum atomic E-state index is 11.9. The number of hydrogen-bond donors (Lipinski definition) is 1. The molecule has 0 atom stereocenters. The van der Waals surface area contributed by atoms with Crippen molar-refractivity contribution in [1.82, 2.24) is 9.88 Å². The number of thioether (sulfide) groups is 1. The monoisotopic (exact) mass is 280 g/mol. The molecule has 7 heteroatoms. The van der Waals surface area contributed by atoms with Gasteiger partial charge in [-0.3, -0.25) is 19.5 Å². The van der Waals surface area contributed by atoms with Crippen molar-refractivity contribution < 1.29 is 14.7 Å². The zero-order valence-corrected chi connectivity index (χ0v) is 10.7. The summed E-state index contributed by atoms with van der Waals surface area (Å²) in [5, 5.41) is 8.69. The van der Waals surface area contributed by atoms with E-state index in [2.05, 4.69) is 4.98 Å². The molecule has 18 heavy (non-hydrogen) atoms. The zero-order chi connectivity index (χ0) is 13.1. The molecule has 1 N–H and O–H groups in total. The lowest BCUT2D eigenvalue weighted by Crippen LogP contribution is -2.33. The lowest BCUT2D eigenvalue weighted by molar-refractivity contribution is -0.140. The van der Waals surface area contributed by atoms with Crippen LogP contribution < -0.4 is 0 Å². The van der Waals surface area contributed by atoms with Gasteiger partial charge in [-0.15, -0.1) is 0 Å². The van der Waals surface area contributed by atoms with Gasteiger partial charge in [-0.1, -0.05) is 30.0 Å². The summed E-state index contributed by atoms with van der Waals surface area (Å²) >= 11 is 6.06. The number of aromatic nitrogens is 1. The van der Waals surface area contributed by atoms with Gasteiger partial charge in [-0.05, 0) is 18.2 Å². The number of rotatable bonds is 3. The topological polar surface area (TPSA) is 70.5 Å². The van der Waals surface area contributed by atoms with E-state index in [1.807, 2.05) is 0 Å². The van der Waals surface area contributed by atoms with Gasteiger partial charge in [0.05, 0.1) is 10.6 Å². The average Bonchev–Trinajstić information content (AvgIpc) is 2.58. The largest absolute Gasteiger partial charge is 0.480 e. The highest BCUT2D eigenvalue weighted by molar-refractivity contribution is 8.26. The Balaban J connectivity index is 2.23. The summed E-state index contributed by atoms with van der Waals surface area (Å²) in [4.78, 5) is 28.1. The fourth-order valence-corrected chi connectivity index (χ4v) is 2.61. The molecule has 0 radical (unpaired) electrons. The molecule has 0 saturated carbocycles. The summed E-state index contributed by atoms with van der Waals surface area (Å²) in [6, 6.07) is 5.33. The van der Waals surface area contributed by atoms with Crippen molar-refractivity contribution >= 4 is 46.3 Å². The number of carboxylic acids is 1. The number of carbonyl (C=O) groups excluding carboxylic acids is 1. The minimum absolute atomic E-state index is 0.254. The number of pyridine rings is 1. The van der Waals surface area contributed by atoms with E-state index in [9.17, 15) is 9.59 Å². The summed E-state index contributed by atoms with van der Waals surface area (Å²) < 4.78 is 0.254. The smallest absolute Gasteiger partial charge is 0.323 e. The predicted octanol–water partition coefficient (Wildman–Crippen LogP) is 1.37. The quantitative estimate of drug-likeness (QED) is 0.666. The summed E-state index contributed by atoms with van der Waals surface area (Å²) in [7, 11) is 0. The van der Waals surface area contributed by atoms with Crippen molar-refractivity contribution in [3.8, 4) is 0 Å². The molecule has 1 aromatic rings. The molecular weight excluding hydrogens is 272 g/mol. The maximum Gasteiger partial charge on any atom is 0.323 e. The number of carboxylic acid groups (broad SMARTS) is 1. The molecule has 1 aliphatic rings. The Labute approximate surface area is 113 Å². The third-order valence-corrected chi connectivity index (χ3v) is 3.51. The standard InChI is InChI=1S/C11H8N2O3S2/c14-9(15)6-13-10(16)8(18-11(13)17)5-7-3-1-2-4-12-7/h1-5H,6H2,(H,14,15). The van der Waals surface area contributed by atoms with Crippen LogP contribution in [-0.4, -0.2) is 37.7 Å². The van der Waals surface area contributed by atoms with Gasteiger partial charge in [-0.2, -0.15) is 0 Å². The molecule has 5 nitrogen and oxygen atoms in total. The van der Waals surface area contributed by atoms with Crippen molar-refractivity contribution in [3.05, 3.63) is 35.0 Å². The Bertz CT molecular complexity index is 542. The molecule has 2 heterocycles. The Morgan fingerprint density at radius 2 is 2.33 bits per heavy atom. The maximum absolute atomic E-state index is 11.9. The van der Waals surface area contributed by atoms with Crippen LogP contribution in [0.4, 0.5) is 0 Å². The molecule has 1 amide bonds. The van der Waals surface area contributed by atoms with Gasteiger partial charge in [0.25, 0.3) is 5.91 Å². The third-order valence-electron chi connectivity index (χ3n) is 2.13. The van der Waals surface area contributed by atoms with E-state index in [0.29, 0.717) is 10.6 Å². The summed E-state index contributed by atoms with van der Waals surface area (Å²) in [6.45, 7) is -0.412. The second kappa shape index (κ2) is 5.28. The van der Waals surface area contributed by atoms with Crippen molar-refractivity contribution in [2.24, 2.45) is 0 Å². The molecule has 1 fully saturated rings. The van der Waals surface area contributed by atoms with Crippen molar-refractivity contribution in [2.75, 3.05) is 6.54 Å². The van der Waals surface area contributed by atoms with Crippen LogP contribution in [0.5, 0.6) is 0 Å². The van der Waals surface area contributed by atoms with Crippen LogP contribution in [-0.2, 0) is 9.59 Å². The lowest BCUT2D eigenvalue weighted by atomic mass is 10.3. The van der Waals surface area contributed by atoms with Crippen LogP contribution in [0.1, 0.15) is 5.69 Å². The van der Waals surface area contributed by atoms with E-state index >= 15 is 0 Å². The van der Waals surface area contributed by atoms with Crippen LogP contribution in [0.25, 0.3) is 6.08 Å². The SMILES string of the molecule is O=C(O)CN1C(=O)C(=Cc2ccccn2)SC1=S. The molecule has 0 aromatic carbocycles. The van der Waals surface area contributed by atoms with Crippen molar-refractivity contribution in [1.29, 1.82) is 0 Å². The molecule has 1 aliphatic heterocycles. The zero-order valence-electron chi connectivity index (χ0n) is 9.07. The molecule has 0 unspecified atom stereocenters. The molecule has 0 aliphatic carbocycles. The number of thiocarbonyl (C=S) groups is 1. The van der Waals surface area contributed by atoms with E-state index in [0.717, 1.165) is 16.7 Å². The number of amides is 1. The average molecular weight is 280 g/mol. The number of carbonyl (C=O) groups is 2. The van der Waals surface area contributed by atoms with Gasteiger partial charge in [-0.25, -0.2) is 0 Å². The van der Waals surface area contributed by atoms with Crippen LogP contribution in [0.3, 0.4) is 0 Å². The van der Waals surface area contributed by atoms with E-state index in [4.69, 9.17) is 17.3 Å². The first kappa shape index (κ1) is 12.7. The number of nitrogens with zero attached hydrogens (tertiary/aromatic N) is 2. The van der Waals surface area contributed by atoms with E-state index in [1.165, 1.54) is 0 Å². The molecular formula is C11H8N2O3S2. The second-order valence-corrected chi connectivity index (χ2v) is 5.09. The predicted molar refractivity (Wildman–Crippen MR) is 71.8 cm³/mol. The molecule has 0 spiro atoms. The second-order valence-electron chi connectivity index (χ2n) is 3.42. The summed E-state index contributed by atoms with van der Waals surface area (Å²) in [5.74, 6) is -1.48. The first-order valence-electron chi connectivity index (χ1n) is 4.96. The van der Waals surface area contributed by atoms with Gasteiger partial charge in [0.2, 0.25) is 0 Å². The summed E-state index contributed by atoms with van der Waals surface area (Å²) in [6.07, 6.45) is 3.21. The Hall–Kier alpha value is -1.73. The van der Waals surface area contributed by atoms with Gasteiger partial charge < -0.3 is 5.11 Å². The van der Waals surface area contributed by atoms with Crippen molar-refractivity contribution in [3.63, 3.8) is 0 Å². The van der Waals surface area contributed by atoms with Crippen molar-refractivity contribution in [2.45, 2.75) is 0 Å². The van der Waals surface area contributed by atoms with Gasteiger partial charge in [0, 0.05) is 6.20 Å². The Morgan fingerprint density at radius 1 is 1.56 bits per heavy atom. The fraction of sp³-hybridized carbons (Fsp3) is 0.0909. The number of aliphatic carboxylic acids is 1. The molecule has 1 aromatic heterocycles. The molecule has 2 rings (SSSR count). The van der Waals surface area contributed by atoms with E-state index in [-0.39, 0.29) is 4.32 Å². The van der Waals surface area contributed by atoms with Gasteiger partial charge in [0.1, 0.15) is 10.9 Å². The molecule has 1 saturated heterocycles. The van der Waals surface area contributed by atoms with Crippen LogP contribution >= 0.6 is 24.0 Å². The lowest BCUT2D eigenvalue weighted by Gasteiger charge is -2.10. The van der Waals surface area contributed by atoms with E-state index < -0.39 is 18.4 Å². The third kappa shape index (κ3) is 2.74.